The number of aromatic amines is 1. The summed E-state index contributed by atoms with van der Waals surface area (Å²) in [7, 11) is 0. The molecule has 1 aliphatic rings. The van der Waals surface area contributed by atoms with E-state index in [9.17, 15) is 9.59 Å². The van der Waals surface area contributed by atoms with Crippen LogP contribution in [0.5, 0.6) is 0 Å². The third-order valence-corrected chi connectivity index (χ3v) is 2.83. The minimum atomic E-state index is -0.400. The van der Waals surface area contributed by atoms with E-state index in [0.29, 0.717) is 11.4 Å². The number of nitrogens with zero attached hydrogens (tertiary/aromatic N) is 1. The van der Waals surface area contributed by atoms with Gasteiger partial charge in [0, 0.05) is 11.9 Å². The van der Waals surface area contributed by atoms with Gasteiger partial charge >= 0.3 is 0 Å². The fourth-order valence-electron chi connectivity index (χ4n) is 1.91. The van der Waals surface area contributed by atoms with E-state index in [0.717, 1.165) is 0 Å². The second kappa shape index (κ2) is 4.45. The number of hydrazine groups is 1. The number of carbonyl (C=O) groups excluding carboxylic acids is 2. The number of H-pyrrole nitrogens is 1. The minimum Gasteiger partial charge on any atom is -0.362 e. The molecule has 0 bridgehead atoms. The smallest absolute Gasteiger partial charge is 0.282 e. The molecular formula is C14H11N3O2. The molecule has 0 atom stereocenters. The second-order valence-electron chi connectivity index (χ2n) is 4.10. The average Bonchev–Trinajstić information content (AvgIpc) is 3.03. The minimum absolute atomic E-state index is 0.117. The van der Waals surface area contributed by atoms with Crippen molar-refractivity contribution in [3.8, 4) is 0 Å². The zero-order chi connectivity index (χ0) is 13.2. The molecule has 5 nitrogen and oxygen atoms in total. The SMILES string of the molecule is O=C1NN(c2ccccc2)C(=O)/C1=C/c1ccc[nH]1. The molecule has 94 valence electrons. The lowest BCUT2D eigenvalue weighted by Crippen LogP contribution is -2.35. The summed E-state index contributed by atoms with van der Waals surface area (Å²) in [6, 6.07) is 12.6. The van der Waals surface area contributed by atoms with Crippen molar-refractivity contribution in [2.45, 2.75) is 0 Å². The van der Waals surface area contributed by atoms with Crippen LogP contribution in [0.15, 0.2) is 54.2 Å². The quantitative estimate of drug-likeness (QED) is 0.629. The first kappa shape index (κ1) is 11.3. The summed E-state index contributed by atoms with van der Waals surface area (Å²) in [6.07, 6.45) is 3.28. The molecular weight excluding hydrogens is 242 g/mol. The molecule has 3 rings (SSSR count). The van der Waals surface area contributed by atoms with Crippen molar-refractivity contribution in [3.05, 3.63) is 59.9 Å². The van der Waals surface area contributed by atoms with Gasteiger partial charge in [-0.3, -0.25) is 15.0 Å². The van der Waals surface area contributed by atoms with Crippen molar-refractivity contribution in [2.24, 2.45) is 0 Å². The van der Waals surface area contributed by atoms with Crippen LogP contribution in [-0.2, 0) is 9.59 Å². The zero-order valence-corrected chi connectivity index (χ0v) is 9.96. The molecule has 1 saturated heterocycles. The summed E-state index contributed by atoms with van der Waals surface area (Å²) in [5.41, 5.74) is 4.01. The summed E-state index contributed by atoms with van der Waals surface area (Å²) in [6.45, 7) is 0. The maximum absolute atomic E-state index is 12.2. The molecule has 2 N–H and O–H groups in total. The number of aromatic nitrogens is 1. The lowest BCUT2D eigenvalue weighted by atomic mass is 10.2. The second-order valence-corrected chi connectivity index (χ2v) is 4.10. The number of nitrogens with one attached hydrogen (secondary N) is 2. The van der Waals surface area contributed by atoms with Gasteiger partial charge < -0.3 is 4.98 Å². The fraction of sp³-hybridized carbons (Fsp3) is 0. The highest BCUT2D eigenvalue weighted by Gasteiger charge is 2.34. The Balaban J connectivity index is 1.94. The fourth-order valence-corrected chi connectivity index (χ4v) is 1.91. The molecule has 0 radical (unpaired) electrons. The van der Waals surface area contributed by atoms with Crippen LogP contribution in [0.3, 0.4) is 0 Å². The average molecular weight is 253 g/mol. The normalized spacial score (nSPS) is 17.1. The van der Waals surface area contributed by atoms with Crippen LogP contribution in [0.1, 0.15) is 5.69 Å². The lowest BCUT2D eigenvalue weighted by molar-refractivity contribution is -0.117. The van der Waals surface area contributed by atoms with Crippen LogP contribution in [0.2, 0.25) is 0 Å². The highest BCUT2D eigenvalue weighted by atomic mass is 16.2. The van der Waals surface area contributed by atoms with Crippen molar-refractivity contribution in [1.82, 2.24) is 10.4 Å². The first-order chi connectivity index (χ1) is 9.25. The maximum atomic E-state index is 12.2. The standard InChI is InChI=1S/C14H11N3O2/c18-13-12(9-10-5-4-8-15-10)14(19)17(16-13)11-6-2-1-3-7-11/h1-9,15H,(H,16,18)/b12-9+. The van der Waals surface area contributed by atoms with Gasteiger partial charge in [-0.25, -0.2) is 5.01 Å². The molecule has 1 aromatic carbocycles. The van der Waals surface area contributed by atoms with Gasteiger partial charge in [0.2, 0.25) is 0 Å². The Morgan fingerprint density at radius 2 is 1.79 bits per heavy atom. The third kappa shape index (κ3) is 2.01. The van der Waals surface area contributed by atoms with E-state index in [-0.39, 0.29) is 11.5 Å². The van der Waals surface area contributed by atoms with E-state index in [2.05, 4.69) is 10.4 Å². The van der Waals surface area contributed by atoms with E-state index in [1.807, 2.05) is 6.07 Å². The van der Waals surface area contributed by atoms with E-state index in [1.165, 1.54) is 5.01 Å². The number of para-hydroxylation sites is 1. The Hall–Kier alpha value is -2.82. The Labute approximate surface area is 109 Å². The summed E-state index contributed by atoms with van der Waals surface area (Å²) < 4.78 is 0. The van der Waals surface area contributed by atoms with Gasteiger partial charge in [0.05, 0.1) is 5.69 Å². The lowest BCUT2D eigenvalue weighted by Gasteiger charge is -2.13. The predicted octanol–water partition coefficient (Wildman–Crippen LogP) is 1.48. The van der Waals surface area contributed by atoms with Crippen molar-refractivity contribution in [3.63, 3.8) is 0 Å². The Morgan fingerprint density at radius 1 is 1.00 bits per heavy atom. The topological polar surface area (TPSA) is 65.2 Å². The first-order valence-corrected chi connectivity index (χ1v) is 5.81. The summed E-state index contributed by atoms with van der Waals surface area (Å²) >= 11 is 0. The first-order valence-electron chi connectivity index (χ1n) is 5.81. The van der Waals surface area contributed by atoms with Gasteiger partial charge in [-0.1, -0.05) is 18.2 Å². The van der Waals surface area contributed by atoms with Crippen LogP contribution in [0.25, 0.3) is 6.08 Å². The largest absolute Gasteiger partial charge is 0.362 e. The van der Waals surface area contributed by atoms with Gasteiger partial charge in [-0.2, -0.15) is 0 Å². The van der Waals surface area contributed by atoms with Crippen LogP contribution in [0.4, 0.5) is 5.69 Å². The van der Waals surface area contributed by atoms with Crippen LogP contribution in [-0.4, -0.2) is 16.8 Å². The molecule has 2 heterocycles. The Morgan fingerprint density at radius 3 is 2.47 bits per heavy atom. The molecule has 0 spiro atoms. The molecule has 5 heteroatoms. The van der Waals surface area contributed by atoms with Crippen molar-refractivity contribution < 1.29 is 9.59 Å². The molecule has 1 fully saturated rings. The molecule has 0 saturated carbocycles. The van der Waals surface area contributed by atoms with Crippen molar-refractivity contribution in [2.75, 3.05) is 5.01 Å². The van der Waals surface area contributed by atoms with Crippen molar-refractivity contribution >= 4 is 23.6 Å². The number of hydrogen-bond acceptors (Lipinski definition) is 2. The number of amides is 2. The highest BCUT2D eigenvalue weighted by molar-refractivity contribution is 6.31. The molecule has 2 aromatic rings. The van der Waals surface area contributed by atoms with Gasteiger partial charge in [0.15, 0.2) is 0 Å². The van der Waals surface area contributed by atoms with E-state index in [4.69, 9.17) is 0 Å². The molecule has 1 aliphatic heterocycles. The number of rotatable bonds is 2. The molecule has 1 aromatic heterocycles. The molecule has 2 amide bonds. The van der Waals surface area contributed by atoms with E-state index in [1.54, 1.807) is 48.7 Å². The highest BCUT2D eigenvalue weighted by Crippen LogP contribution is 2.20. The Kier molecular flexibility index (Phi) is 2.64. The van der Waals surface area contributed by atoms with Gasteiger partial charge in [-0.15, -0.1) is 0 Å². The third-order valence-electron chi connectivity index (χ3n) is 2.83. The number of hydrogen-bond donors (Lipinski definition) is 2. The number of benzene rings is 1. The molecule has 19 heavy (non-hydrogen) atoms. The monoisotopic (exact) mass is 253 g/mol. The van der Waals surface area contributed by atoms with Crippen LogP contribution < -0.4 is 10.4 Å². The van der Waals surface area contributed by atoms with E-state index >= 15 is 0 Å². The summed E-state index contributed by atoms with van der Waals surface area (Å²) in [5.74, 6) is -0.755. The van der Waals surface area contributed by atoms with Crippen LogP contribution in [0, 0.1) is 0 Å². The Bertz CT molecular complexity index is 645. The summed E-state index contributed by atoms with van der Waals surface area (Å²) in [5, 5.41) is 1.25. The number of carbonyl (C=O) groups is 2. The summed E-state index contributed by atoms with van der Waals surface area (Å²) in [4.78, 5) is 27.0. The van der Waals surface area contributed by atoms with E-state index < -0.39 is 5.91 Å². The van der Waals surface area contributed by atoms with Crippen LogP contribution >= 0.6 is 0 Å². The predicted molar refractivity (Wildman–Crippen MR) is 70.8 cm³/mol. The van der Waals surface area contributed by atoms with Gasteiger partial charge in [0.25, 0.3) is 11.8 Å². The number of anilines is 1. The molecule has 0 unspecified atom stereocenters. The zero-order valence-electron chi connectivity index (χ0n) is 9.96. The van der Waals surface area contributed by atoms with Crippen molar-refractivity contribution in [1.29, 1.82) is 0 Å². The molecule has 0 aliphatic carbocycles. The van der Waals surface area contributed by atoms with Gasteiger partial charge in [-0.05, 0) is 30.3 Å². The maximum Gasteiger partial charge on any atom is 0.282 e. The van der Waals surface area contributed by atoms with Gasteiger partial charge in [0.1, 0.15) is 5.57 Å².